The lowest BCUT2D eigenvalue weighted by atomic mass is 10.00. The number of piperidine rings is 1. The van der Waals surface area contributed by atoms with E-state index in [0.717, 1.165) is 44.8 Å². The number of nitrogens with zero attached hydrogens (tertiary/aromatic N) is 4. The molecule has 0 spiro atoms. The third-order valence-electron chi connectivity index (χ3n) is 3.38. The van der Waals surface area contributed by atoms with Crippen LogP contribution in [0.3, 0.4) is 0 Å². The van der Waals surface area contributed by atoms with Gasteiger partial charge in [0.1, 0.15) is 12.7 Å². The Balaban J connectivity index is 1.60. The summed E-state index contributed by atoms with van der Waals surface area (Å²) in [6.45, 7) is 5.49. The van der Waals surface area contributed by atoms with Crippen molar-refractivity contribution in [2.75, 3.05) is 19.6 Å². The van der Waals surface area contributed by atoms with Crippen LogP contribution in [-0.4, -0.2) is 45.3 Å². The highest BCUT2D eigenvalue weighted by atomic mass is 16.2. The van der Waals surface area contributed by atoms with Crippen LogP contribution in [0.25, 0.3) is 0 Å². The molecule has 0 bridgehead atoms. The molecule has 1 fully saturated rings. The van der Waals surface area contributed by atoms with E-state index in [0.29, 0.717) is 6.54 Å². The quantitative estimate of drug-likeness (QED) is 0.815. The Morgan fingerprint density at radius 3 is 2.89 bits per heavy atom. The number of urea groups is 1. The van der Waals surface area contributed by atoms with Gasteiger partial charge in [-0.05, 0) is 25.2 Å². The van der Waals surface area contributed by atoms with E-state index in [2.05, 4.69) is 22.3 Å². The highest BCUT2D eigenvalue weighted by molar-refractivity contribution is 5.74. The molecular weight excluding hydrogens is 230 g/mol. The number of aryl methyl sites for hydroxylation is 1. The zero-order valence-corrected chi connectivity index (χ0v) is 10.9. The van der Waals surface area contributed by atoms with Gasteiger partial charge in [0.2, 0.25) is 0 Å². The first-order valence-electron chi connectivity index (χ1n) is 6.61. The minimum atomic E-state index is 0.0699. The third kappa shape index (κ3) is 3.72. The van der Waals surface area contributed by atoms with Crippen LogP contribution in [0.4, 0.5) is 4.79 Å². The second-order valence-electron chi connectivity index (χ2n) is 4.91. The second-order valence-corrected chi connectivity index (χ2v) is 4.91. The zero-order chi connectivity index (χ0) is 12.8. The Hall–Kier alpha value is -1.59. The predicted octanol–water partition coefficient (Wildman–Crippen LogP) is 1.11. The molecule has 1 saturated heterocycles. The first-order chi connectivity index (χ1) is 8.75. The van der Waals surface area contributed by atoms with Gasteiger partial charge in [0.05, 0.1) is 0 Å². The van der Waals surface area contributed by atoms with Gasteiger partial charge in [-0.25, -0.2) is 9.78 Å². The Bertz CT molecular complexity index is 357. The predicted molar refractivity (Wildman–Crippen MR) is 68.0 cm³/mol. The Morgan fingerprint density at radius 1 is 1.44 bits per heavy atom. The van der Waals surface area contributed by atoms with Gasteiger partial charge >= 0.3 is 6.03 Å². The Morgan fingerprint density at radius 2 is 2.22 bits per heavy atom. The molecule has 2 rings (SSSR count). The first-order valence-corrected chi connectivity index (χ1v) is 6.61. The molecule has 0 aliphatic carbocycles. The molecule has 1 aliphatic rings. The van der Waals surface area contributed by atoms with Crippen LogP contribution >= 0.6 is 0 Å². The van der Waals surface area contributed by atoms with Gasteiger partial charge in [-0.1, -0.05) is 6.92 Å². The molecular formula is C12H21N5O. The van der Waals surface area contributed by atoms with Crippen molar-refractivity contribution < 1.29 is 4.79 Å². The number of aromatic nitrogens is 3. The zero-order valence-electron chi connectivity index (χ0n) is 10.9. The van der Waals surface area contributed by atoms with Crippen LogP contribution in [0.15, 0.2) is 12.7 Å². The van der Waals surface area contributed by atoms with Gasteiger partial charge in [0.15, 0.2) is 0 Å². The number of carbonyl (C=O) groups is 1. The lowest BCUT2D eigenvalue weighted by molar-refractivity contribution is 0.174. The lowest BCUT2D eigenvalue weighted by Crippen LogP contribution is -2.44. The van der Waals surface area contributed by atoms with E-state index in [4.69, 9.17) is 0 Å². The van der Waals surface area contributed by atoms with Crippen molar-refractivity contribution >= 4 is 6.03 Å². The summed E-state index contributed by atoms with van der Waals surface area (Å²) in [5.74, 6) is 0.751. The smallest absolute Gasteiger partial charge is 0.317 e. The van der Waals surface area contributed by atoms with E-state index < -0.39 is 0 Å². The van der Waals surface area contributed by atoms with Crippen LogP contribution < -0.4 is 5.32 Å². The van der Waals surface area contributed by atoms with Crippen LogP contribution in [0.2, 0.25) is 0 Å². The SMILES string of the molecule is CC1CCN(C(=O)NCCCn2cncn2)CC1. The lowest BCUT2D eigenvalue weighted by Gasteiger charge is -2.30. The van der Waals surface area contributed by atoms with Gasteiger partial charge in [-0.3, -0.25) is 4.68 Å². The van der Waals surface area contributed by atoms with E-state index in [9.17, 15) is 4.79 Å². The monoisotopic (exact) mass is 251 g/mol. The van der Waals surface area contributed by atoms with Gasteiger partial charge in [-0.15, -0.1) is 0 Å². The van der Waals surface area contributed by atoms with E-state index in [1.807, 2.05) is 4.90 Å². The third-order valence-corrected chi connectivity index (χ3v) is 3.38. The maximum atomic E-state index is 11.8. The maximum Gasteiger partial charge on any atom is 0.317 e. The molecule has 18 heavy (non-hydrogen) atoms. The summed E-state index contributed by atoms with van der Waals surface area (Å²) in [6.07, 6.45) is 6.32. The molecule has 1 N–H and O–H groups in total. The molecule has 0 radical (unpaired) electrons. The fourth-order valence-electron chi connectivity index (χ4n) is 2.11. The summed E-state index contributed by atoms with van der Waals surface area (Å²) in [5.41, 5.74) is 0. The summed E-state index contributed by atoms with van der Waals surface area (Å²) in [6, 6.07) is 0.0699. The first kappa shape index (κ1) is 12.9. The number of hydrogen-bond acceptors (Lipinski definition) is 3. The minimum Gasteiger partial charge on any atom is -0.338 e. The molecule has 100 valence electrons. The van der Waals surface area contributed by atoms with Crippen LogP contribution in [0.1, 0.15) is 26.2 Å². The second kappa shape index (κ2) is 6.37. The van der Waals surface area contributed by atoms with Gasteiger partial charge in [-0.2, -0.15) is 5.10 Å². The molecule has 2 amide bonds. The standard InChI is InChI=1S/C12H21N5O/c1-11-3-7-16(8-4-11)12(18)14-5-2-6-17-10-13-9-15-17/h9-11H,2-8H2,1H3,(H,14,18). The van der Waals surface area contributed by atoms with Crippen molar-refractivity contribution in [1.82, 2.24) is 25.0 Å². The molecule has 0 aromatic carbocycles. The topological polar surface area (TPSA) is 63.1 Å². The average Bonchev–Trinajstić information content (AvgIpc) is 2.88. The maximum absolute atomic E-state index is 11.8. The summed E-state index contributed by atoms with van der Waals surface area (Å²) < 4.78 is 1.77. The van der Waals surface area contributed by atoms with Crippen LogP contribution in [-0.2, 0) is 6.54 Å². The fraction of sp³-hybridized carbons (Fsp3) is 0.750. The fourth-order valence-corrected chi connectivity index (χ4v) is 2.11. The highest BCUT2D eigenvalue weighted by Gasteiger charge is 2.19. The van der Waals surface area contributed by atoms with Crippen molar-refractivity contribution in [1.29, 1.82) is 0 Å². The summed E-state index contributed by atoms with van der Waals surface area (Å²) in [4.78, 5) is 17.6. The van der Waals surface area contributed by atoms with Crippen molar-refractivity contribution in [2.45, 2.75) is 32.7 Å². The van der Waals surface area contributed by atoms with Crippen molar-refractivity contribution in [3.8, 4) is 0 Å². The molecule has 1 aliphatic heterocycles. The van der Waals surface area contributed by atoms with Crippen molar-refractivity contribution in [3.05, 3.63) is 12.7 Å². The number of likely N-dealkylation sites (tertiary alicyclic amines) is 1. The largest absolute Gasteiger partial charge is 0.338 e. The molecule has 0 saturated carbocycles. The molecule has 0 unspecified atom stereocenters. The Kier molecular flexibility index (Phi) is 4.55. The molecule has 6 nitrogen and oxygen atoms in total. The molecule has 0 atom stereocenters. The number of hydrogen-bond donors (Lipinski definition) is 1. The Labute approximate surface area is 107 Å². The highest BCUT2D eigenvalue weighted by Crippen LogP contribution is 2.15. The van der Waals surface area contributed by atoms with Crippen LogP contribution in [0, 0.1) is 5.92 Å². The summed E-state index contributed by atoms with van der Waals surface area (Å²) in [5, 5.41) is 6.97. The van der Waals surface area contributed by atoms with Crippen molar-refractivity contribution in [3.63, 3.8) is 0 Å². The molecule has 6 heteroatoms. The van der Waals surface area contributed by atoms with E-state index in [-0.39, 0.29) is 6.03 Å². The molecule has 1 aromatic rings. The summed E-state index contributed by atoms with van der Waals surface area (Å²) >= 11 is 0. The minimum absolute atomic E-state index is 0.0699. The normalized spacial score (nSPS) is 16.8. The van der Waals surface area contributed by atoms with Crippen molar-refractivity contribution in [2.24, 2.45) is 5.92 Å². The van der Waals surface area contributed by atoms with E-state index in [1.54, 1.807) is 11.0 Å². The number of rotatable bonds is 4. The molecule has 2 heterocycles. The van der Waals surface area contributed by atoms with E-state index in [1.165, 1.54) is 6.33 Å². The van der Waals surface area contributed by atoms with Gasteiger partial charge in [0, 0.05) is 26.2 Å². The molecule has 1 aromatic heterocycles. The van der Waals surface area contributed by atoms with Gasteiger partial charge < -0.3 is 10.2 Å². The average molecular weight is 251 g/mol. The number of nitrogens with one attached hydrogen (secondary N) is 1. The van der Waals surface area contributed by atoms with Gasteiger partial charge in [0.25, 0.3) is 0 Å². The number of amides is 2. The number of carbonyl (C=O) groups excluding carboxylic acids is 1. The van der Waals surface area contributed by atoms with Crippen LogP contribution in [0.5, 0.6) is 0 Å². The van der Waals surface area contributed by atoms with E-state index >= 15 is 0 Å². The summed E-state index contributed by atoms with van der Waals surface area (Å²) in [7, 11) is 0.